The lowest BCUT2D eigenvalue weighted by Crippen LogP contribution is -2.18. The molecule has 120 valence electrons. The molecule has 0 bridgehead atoms. The molecule has 1 atom stereocenters. The van der Waals surface area contributed by atoms with Gasteiger partial charge in [-0.2, -0.15) is 0 Å². The maximum atomic E-state index is 12.9. The standard InChI is InChI=1S/C16H17FN4OS/c1-3-15-19-13(9-23-15)10(2)18-8-14-20-21-16(22-14)11-4-6-12(17)7-5-11/h4-7,9-10,18H,3,8H2,1-2H3/t10-/m0/s1. The molecule has 0 aliphatic carbocycles. The van der Waals surface area contributed by atoms with Crippen molar-refractivity contribution in [1.82, 2.24) is 20.5 Å². The molecule has 3 aromatic rings. The number of nitrogens with zero attached hydrogens (tertiary/aromatic N) is 3. The highest BCUT2D eigenvalue weighted by molar-refractivity contribution is 7.09. The summed E-state index contributed by atoms with van der Waals surface area (Å²) in [7, 11) is 0. The van der Waals surface area contributed by atoms with Crippen molar-refractivity contribution in [2.45, 2.75) is 32.9 Å². The Kier molecular flexibility index (Phi) is 4.78. The van der Waals surface area contributed by atoms with E-state index in [-0.39, 0.29) is 11.9 Å². The van der Waals surface area contributed by atoms with Crippen molar-refractivity contribution in [3.8, 4) is 11.5 Å². The fourth-order valence-corrected chi connectivity index (χ4v) is 2.90. The molecule has 0 unspecified atom stereocenters. The van der Waals surface area contributed by atoms with E-state index in [4.69, 9.17) is 4.42 Å². The number of aromatic nitrogens is 3. The Balaban J connectivity index is 1.61. The molecule has 1 aromatic carbocycles. The number of benzene rings is 1. The Labute approximate surface area is 137 Å². The van der Waals surface area contributed by atoms with Gasteiger partial charge in [0.1, 0.15) is 5.82 Å². The van der Waals surface area contributed by atoms with Crippen LogP contribution < -0.4 is 5.32 Å². The molecule has 2 aromatic heterocycles. The Morgan fingerprint density at radius 3 is 2.74 bits per heavy atom. The van der Waals surface area contributed by atoms with Crippen molar-refractivity contribution in [1.29, 1.82) is 0 Å². The van der Waals surface area contributed by atoms with Crippen LogP contribution in [0.2, 0.25) is 0 Å². The van der Waals surface area contributed by atoms with Gasteiger partial charge in [0.15, 0.2) is 0 Å². The highest BCUT2D eigenvalue weighted by atomic mass is 32.1. The molecule has 0 spiro atoms. The smallest absolute Gasteiger partial charge is 0.247 e. The second-order valence-corrected chi connectivity index (χ2v) is 6.07. The van der Waals surface area contributed by atoms with Crippen molar-refractivity contribution in [3.05, 3.63) is 52.1 Å². The van der Waals surface area contributed by atoms with Crippen LogP contribution in [0.5, 0.6) is 0 Å². The molecular weight excluding hydrogens is 315 g/mol. The summed E-state index contributed by atoms with van der Waals surface area (Å²) < 4.78 is 18.5. The average Bonchev–Trinajstić information content (AvgIpc) is 3.22. The van der Waals surface area contributed by atoms with Crippen LogP contribution in [0, 0.1) is 5.82 Å². The van der Waals surface area contributed by atoms with E-state index < -0.39 is 0 Å². The largest absolute Gasteiger partial charge is 0.419 e. The Morgan fingerprint density at radius 2 is 2.04 bits per heavy atom. The third-order valence-electron chi connectivity index (χ3n) is 3.43. The molecule has 2 heterocycles. The molecule has 7 heteroatoms. The third kappa shape index (κ3) is 3.80. The van der Waals surface area contributed by atoms with Crippen LogP contribution in [-0.4, -0.2) is 15.2 Å². The zero-order chi connectivity index (χ0) is 16.2. The monoisotopic (exact) mass is 332 g/mol. The zero-order valence-corrected chi connectivity index (χ0v) is 13.7. The van der Waals surface area contributed by atoms with Gasteiger partial charge >= 0.3 is 0 Å². The summed E-state index contributed by atoms with van der Waals surface area (Å²) in [6, 6.07) is 6.07. The van der Waals surface area contributed by atoms with E-state index in [9.17, 15) is 4.39 Å². The van der Waals surface area contributed by atoms with Gasteiger partial charge in [-0.15, -0.1) is 21.5 Å². The van der Waals surface area contributed by atoms with Crippen LogP contribution in [0.4, 0.5) is 4.39 Å². The first-order chi connectivity index (χ1) is 11.2. The van der Waals surface area contributed by atoms with Crippen LogP contribution in [0.15, 0.2) is 34.1 Å². The summed E-state index contributed by atoms with van der Waals surface area (Å²) in [6.45, 7) is 4.59. The van der Waals surface area contributed by atoms with Crippen LogP contribution in [0.1, 0.15) is 36.5 Å². The summed E-state index contributed by atoms with van der Waals surface area (Å²) in [5, 5.41) is 14.5. The summed E-state index contributed by atoms with van der Waals surface area (Å²) >= 11 is 1.67. The van der Waals surface area contributed by atoms with E-state index in [0.717, 1.165) is 17.1 Å². The van der Waals surface area contributed by atoms with Crippen molar-refractivity contribution in [2.75, 3.05) is 0 Å². The van der Waals surface area contributed by atoms with Crippen LogP contribution in [-0.2, 0) is 13.0 Å². The van der Waals surface area contributed by atoms with Crippen LogP contribution in [0.3, 0.4) is 0 Å². The molecule has 23 heavy (non-hydrogen) atoms. The van der Waals surface area contributed by atoms with Crippen molar-refractivity contribution in [3.63, 3.8) is 0 Å². The van der Waals surface area contributed by atoms with E-state index in [1.54, 1.807) is 23.5 Å². The van der Waals surface area contributed by atoms with E-state index in [1.165, 1.54) is 12.1 Å². The highest BCUT2D eigenvalue weighted by Crippen LogP contribution is 2.20. The van der Waals surface area contributed by atoms with E-state index in [1.807, 2.05) is 6.92 Å². The van der Waals surface area contributed by atoms with Gasteiger partial charge in [-0.3, -0.25) is 0 Å². The number of hydrogen-bond donors (Lipinski definition) is 1. The second-order valence-electron chi connectivity index (χ2n) is 5.13. The first-order valence-electron chi connectivity index (χ1n) is 7.41. The predicted molar refractivity (Wildman–Crippen MR) is 86.4 cm³/mol. The van der Waals surface area contributed by atoms with Gasteiger partial charge in [-0.25, -0.2) is 9.37 Å². The van der Waals surface area contributed by atoms with Crippen LogP contribution in [0.25, 0.3) is 11.5 Å². The van der Waals surface area contributed by atoms with Crippen LogP contribution >= 0.6 is 11.3 Å². The number of hydrogen-bond acceptors (Lipinski definition) is 6. The van der Waals surface area contributed by atoms with Gasteiger partial charge < -0.3 is 9.73 Å². The number of nitrogens with one attached hydrogen (secondary N) is 1. The first kappa shape index (κ1) is 15.8. The lowest BCUT2D eigenvalue weighted by Gasteiger charge is -2.08. The Bertz CT molecular complexity index is 768. The molecule has 0 radical (unpaired) electrons. The number of thiazole rings is 1. The molecule has 0 saturated heterocycles. The minimum absolute atomic E-state index is 0.104. The second kappa shape index (κ2) is 6.97. The zero-order valence-electron chi connectivity index (χ0n) is 12.9. The quantitative estimate of drug-likeness (QED) is 0.745. The van der Waals surface area contributed by atoms with Gasteiger partial charge in [0.25, 0.3) is 0 Å². The number of aryl methyl sites for hydroxylation is 1. The molecule has 1 N–H and O–H groups in total. The fourth-order valence-electron chi connectivity index (χ4n) is 2.07. The molecule has 0 amide bonds. The third-order valence-corrected chi connectivity index (χ3v) is 4.44. The summed E-state index contributed by atoms with van der Waals surface area (Å²) in [6.07, 6.45) is 0.947. The molecule has 0 aliphatic heterocycles. The van der Waals surface area contributed by atoms with E-state index >= 15 is 0 Å². The van der Waals surface area contributed by atoms with Gasteiger partial charge in [0.2, 0.25) is 11.8 Å². The Morgan fingerprint density at radius 1 is 1.26 bits per heavy atom. The van der Waals surface area contributed by atoms with E-state index in [0.29, 0.717) is 23.9 Å². The lowest BCUT2D eigenvalue weighted by atomic mass is 10.2. The topological polar surface area (TPSA) is 63.8 Å². The molecule has 0 saturated carbocycles. The highest BCUT2D eigenvalue weighted by Gasteiger charge is 2.12. The van der Waals surface area contributed by atoms with E-state index in [2.05, 4.69) is 32.8 Å². The predicted octanol–water partition coefficient (Wildman–Crippen LogP) is 3.75. The fraction of sp³-hybridized carbons (Fsp3) is 0.312. The van der Waals surface area contributed by atoms with Gasteiger partial charge in [-0.1, -0.05) is 6.92 Å². The summed E-state index contributed by atoms with van der Waals surface area (Å²) in [5.74, 6) is 0.581. The lowest BCUT2D eigenvalue weighted by molar-refractivity contribution is 0.451. The maximum Gasteiger partial charge on any atom is 0.247 e. The van der Waals surface area contributed by atoms with Crippen molar-refractivity contribution < 1.29 is 8.81 Å². The van der Waals surface area contributed by atoms with Crippen molar-refractivity contribution >= 4 is 11.3 Å². The minimum atomic E-state index is -0.293. The Hall–Kier alpha value is -2.12. The summed E-state index contributed by atoms with van der Waals surface area (Å²) in [4.78, 5) is 4.56. The SMILES string of the molecule is CCc1nc([C@H](C)NCc2nnc(-c3ccc(F)cc3)o2)cs1. The van der Waals surface area contributed by atoms with Gasteiger partial charge in [0, 0.05) is 17.0 Å². The number of rotatable bonds is 6. The minimum Gasteiger partial charge on any atom is -0.419 e. The molecule has 5 nitrogen and oxygen atoms in total. The number of halogens is 1. The normalized spacial score (nSPS) is 12.5. The molecule has 0 aliphatic rings. The first-order valence-corrected chi connectivity index (χ1v) is 8.29. The maximum absolute atomic E-state index is 12.9. The van der Waals surface area contributed by atoms with Crippen molar-refractivity contribution in [2.24, 2.45) is 0 Å². The molecular formula is C16H17FN4OS. The average molecular weight is 332 g/mol. The van der Waals surface area contributed by atoms with Gasteiger partial charge in [-0.05, 0) is 37.6 Å². The van der Waals surface area contributed by atoms with Gasteiger partial charge in [0.05, 0.1) is 17.2 Å². The summed E-state index contributed by atoms with van der Waals surface area (Å²) in [5.41, 5.74) is 1.72. The molecule has 0 fully saturated rings. The molecule has 3 rings (SSSR count).